The van der Waals surface area contributed by atoms with Crippen LogP contribution in [0.25, 0.3) is 0 Å². The largest absolute Gasteiger partial charge is 0.382 e. The Morgan fingerprint density at radius 1 is 1.19 bits per heavy atom. The molecule has 0 amide bonds. The van der Waals surface area contributed by atoms with Gasteiger partial charge in [-0.3, -0.25) is 0 Å². The van der Waals surface area contributed by atoms with Gasteiger partial charge in [-0.25, -0.2) is 4.39 Å². The fourth-order valence-corrected chi connectivity index (χ4v) is 2.37. The molecule has 0 bridgehead atoms. The zero-order valence-electron chi connectivity index (χ0n) is 10.1. The molecular formula is C14H20FN. The van der Waals surface area contributed by atoms with Gasteiger partial charge in [-0.1, -0.05) is 6.92 Å². The average molecular weight is 221 g/mol. The van der Waals surface area contributed by atoms with Crippen LogP contribution in [0.1, 0.15) is 38.2 Å². The molecule has 1 fully saturated rings. The zero-order valence-corrected chi connectivity index (χ0v) is 10.1. The van der Waals surface area contributed by atoms with Crippen molar-refractivity contribution in [3.63, 3.8) is 0 Å². The van der Waals surface area contributed by atoms with E-state index in [0.29, 0.717) is 11.6 Å². The van der Waals surface area contributed by atoms with Crippen LogP contribution in [0.3, 0.4) is 0 Å². The lowest BCUT2D eigenvalue weighted by Crippen LogP contribution is -2.25. The molecule has 2 heteroatoms. The molecule has 0 radical (unpaired) electrons. The number of benzene rings is 1. The van der Waals surface area contributed by atoms with Gasteiger partial charge in [0.25, 0.3) is 0 Å². The van der Waals surface area contributed by atoms with Gasteiger partial charge in [0.05, 0.1) is 0 Å². The van der Waals surface area contributed by atoms with Crippen molar-refractivity contribution in [3.05, 3.63) is 29.6 Å². The minimum Gasteiger partial charge on any atom is -0.382 e. The molecule has 1 N–H and O–H groups in total. The molecular weight excluding hydrogens is 201 g/mol. The lowest BCUT2D eigenvalue weighted by atomic mass is 9.87. The highest BCUT2D eigenvalue weighted by molar-refractivity contribution is 5.46. The fourth-order valence-electron chi connectivity index (χ4n) is 2.37. The van der Waals surface area contributed by atoms with E-state index in [9.17, 15) is 4.39 Å². The van der Waals surface area contributed by atoms with Gasteiger partial charge >= 0.3 is 0 Å². The Hall–Kier alpha value is -1.05. The second-order valence-electron chi connectivity index (χ2n) is 5.07. The van der Waals surface area contributed by atoms with Crippen molar-refractivity contribution in [3.8, 4) is 0 Å². The summed E-state index contributed by atoms with van der Waals surface area (Å²) in [5.41, 5.74) is 1.77. The molecule has 0 saturated heterocycles. The number of nitrogens with one attached hydrogen (secondary N) is 1. The molecule has 0 aromatic heterocycles. The van der Waals surface area contributed by atoms with Crippen molar-refractivity contribution >= 4 is 5.69 Å². The summed E-state index contributed by atoms with van der Waals surface area (Å²) in [5.74, 6) is 0.746. The summed E-state index contributed by atoms with van der Waals surface area (Å²) >= 11 is 0. The maximum atomic E-state index is 13.1. The number of aryl methyl sites for hydroxylation is 1. The van der Waals surface area contributed by atoms with Crippen molar-refractivity contribution in [2.45, 2.75) is 45.6 Å². The monoisotopic (exact) mass is 221 g/mol. The van der Waals surface area contributed by atoms with E-state index in [1.807, 2.05) is 19.1 Å². The Morgan fingerprint density at radius 3 is 2.50 bits per heavy atom. The van der Waals surface area contributed by atoms with Crippen molar-refractivity contribution < 1.29 is 4.39 Å². The van der Waals surface area contributed by atoms with Gasteiger partial charge in [-0.05, 0) is 62.3 Å². The molecule has 0 unspecified atom stereocenters. The van der Waals surface area contributed by atoms with E-state index in [4.69, 9.17) is 0 Å². The van der Waals surface area contributed by atoms with E-state index in [1.165, 1.54) is 25.7 Å². The first-order chi connectivity index (χ1) is 7.65. The average Bonchev–Trinajstić information content (AvgIpc) is 2.27. The first kappa shape index (κ1) is 11.4. The highest BCUT2D eigenvalue weighted by atomic mass is 19.1. The lowest BCUT2D eigenvalue weighted by molar-refractivity contribution is 0.361. The van der Waals surface area contributed by atoms with Gasteiger partial charge in [-0.2, -0.15) is 0 Å². The molecule has 88 valence electrons. The van der Waals surface area contributed by atoms with Crippen molar-refractivity contribution in [2.75, 3.05) is 5.32 Å². The molecule has 0 aliphatic heterocycles. The molecule has 16 heavy (non-hydrogen) atoms. The molecule has 1 saturated carbocycles. The Morgan fingerprint density at radius 2 is 1.88 bits per heavy atom. The predicted octanol–water partition coefficient (Wildman–Crippen LogP) is 4.12. The third-order valence-corrected chi connectivity index (χ3v) is 3.54. The molecule has 1 aromatic rings. The van der Waals surface area contributed by atoms with Gasteiger partial charge in [0.1, 0.15) is 5.82 Å². The molecule has 0 atom stereocenters. The summed E-state index contributed by atoms with van der Waals surface area (Å²) in [4.78, 5) is 0. The van der Waals surface area contributed by atoms with Gasteiger partial charge in [0.15, 0.2) is 0 Å². The van der Waals surface area contributed by atoms with Crippen LogP contribution in [-0.2, 0) is 0 Å². The van der Waals surface area contributed by atoms with Crippen LogP contribution in [0.4, 0.5) is 10.1 Å². The highest BCUT2D eigenvalue weighted by Gasteiger charge is 2.17. The van der Waals surface area contributed by atoms with E-state index < -0.39 is 0 Å². The predicted molar refractivity (Wildman–Crippen MR) is 66.2 cm³/mol. The van der Waals surface area contributed by atoms with E-state index in [2.05, 4.69) is 12.2 Å². The van der Waals surface area contributed by atoms with Crippen molar-refractivity contribution in [2.24, 2.45) is 5.92 Å². The van der Waals surface area contributed by atoms with Crippen molar-refractivity contribution in [1.29, 1.82) is 0 Å². The van der Waals surface area contributed by atoms with Crippen molar-refractivity contribution in [1.82, 2.24) is 0 Å². The van der Waals surface area contributed by atoms with Gasteiger partial charge in [-0.15, -0.1) is 0 Å². The molecule has 1 aliphatic carbocycles. The van der Waals surface area contributed by atoms with Gasteiger partial charge in [0.2, 0.25) is 0 Å². The molecule has 2 rings (SSSR count). The summed E-state index contributed by atoms with van der Waals surface area (Å²) in [6, 6.07) is 5.85. The normalized spacial score (nSPS) is 25.4. The maximum absolute atomic E-state index is 13.1. The number of rotatable bonds is 2. The molecule has 0 spiro atoms. The SMILES string of the molecule is Cc1cc(NC2CCC(C)CC2)ccc1F. The summed E-state index contributed by atoms with van der Waals surface area (Å²) < 4.78 is 13.1. The topological polar surface area (TPSA) is 12.0 Å². The van der Waals surface area contributed by atoms with E-state index >= 15 is 0 Å². The third-order valence-electron chi connectivity index (χ3n) is 3.54. The van der Waals surface area contributed by atoms with E-state index in [0.717, 1.165) is 11.6 Å². The van der Waals surface area contributed by atoms with Crippen LogP contribution in [0, 0.1) is 18.7 Å². The number of halogens is 1. The zero-order chi connectivity index (χ0) is 11.5. The molecule has 1 aromatic carbocycles. The Labute approximate surface area is 97.1 Å². The molecule has 0 heterocycles. The summed E-state index contributed by atoms with van der Waals surface area (Å²) in [5, 5.41) is 3.50. The minimum atomic E-state index is -0.122. The fraction of sp³-hybridized carbons (Fsp3) is 0.571. The Kier molecular flexibility index (Phi) is 3.47. The number of hydrogen-bond acceptors (Lipinski definition) is 1. The van der Waals surface area contributed by atoms with Crippen LogP contribution >= 0.6 is 0 Å². The van der Waals surface area contributed by atoms with E-state index in [1.54, 1.807) is 6.07 Å². The first-order valence-electron chi connectivity index (χ1n) is 6.18. The standard InChI is InChI=1S/C14H20FN/c1-10-3-5-12(6-4-10)16-13-7-8-14(15)11(2)9-13/h7-10,12,16H,3-6H2,1-2H3. The number of hydrogen-bond donors (Lipinski definition) is 1. The number of anilines is 1. The minimum absolute atomic E-state index is 0.122. The third kappa shape index (κ3) is 2.75. The summed E-state index contributed by atoms with van der Waals surface area (Å²) in [6.07, 6.45) is 5.07. The lowest BCUT2D eigenvalue weighted by Gasteiger charge is -2.27. The quantitative estimate of drug-likeness (QED) is 0.792. The molecule has 1 aliphatic rings. The second kappa shape index (κ2) is 4.86. The summed E-state index contributed by atoms with van der Waals surface area (Å²) in [6.45, 7) is 4.13. The maximum Gasteiger partial charge on any atom is 0.126 e. The van der Waals surface area contributed by atoms with Gasteiger partial charge < -0.3 is 5.32 Å². The van der Waals surface area contributed by atoms with Crippen LogP contribution in [-0.4, -0.2) is 6.04 Å². The van der Waals surface area contributed by atoms with Crippen LogP contribution in [0.15, 0.2) is 18.2 Å². The Bertz CT molecular complexity index is 354. The van der Waals surface area contributed by atoms with Crippen LogP contribution in [0.2, 0.25) is 0 Å². The second-order valence-corrected chi connectivity index (χ2v) is 5.07. The van der Waals surface area contributed by atoms with E-state index in [-0.39, 0.29) is 5.82 Å². The highest BCUT2D eigenvalue weighted by Crippen LogP contribution is 2.26. The molecule has 1 nitrogen and oxygen atoms in total. The van der Waals surface area contributed by atoms with Gasteiger partial charge in [0, 0.05) is 11.7 Å². The smallest absolute Gasteiger partial charge is 0.126 e. The van der Waals surface area contributed by atoms with Crippen LogP contribution in [0.5, 0.6) is 0 Å². The summed E-state index contributed by atoms with van der Waals surface area (Å²) in [7, 11) is 0. The Balaban J connectivity index is 1.96. The van der Waals surface area contributed by atoms with Crippen LogP contribution < -0.4 is 5.32 Å². The first-order valence-corrected chi connectivity index (χ1v) is 6.18.